The Hall–Kier alpha value is -4.28. The number of nitriles is 1. The van der Waals surface area contributed by atoms with Crippen molar-refractivity contribution in [2.75, 3.05) is 36.5 Å². The molecule has 1 aliphatic heterocycles. The van der Waals surface area contributed by atoms with Gasteiger partial charge in [-0.15, -0.1) is 5.10 Å². The summed E-state index contributed by atoms with van der Waals surface area (Å²) in [6, 6.07) is 8.34. The van der Waals surface area contributed by atoms with Gasteiger partial charge < -0.3 is 20.7 Å². The minimum atomic E-state index is -2.77. The van der Waals surface area contributed by atoms with Gasteiger partial charge in [0.1, 0.15) is 0 Å². The molecule has 0 spiro atoms. The zero-order chi connectivity index (χ0) is 27.0. The summed E-state index contributed by atoms with van der Waals surface area (Å²) in [6.07, 6.45) is 2.45. The van der Waals surface area contributed by atoms with Crippen molar-refractivity contribution in [3.63, 3.8) is 0 Å². The lowest BCUT2D eigenvalue weighted by Crippen LogP contribution is -2.52. The standard InChI is InChI=1S/C25H27F2N9O2/c1-15-8-16(13-28)19(23(29)33-36(30)18-11-25(26,27)12-18)10-21(15)32-24(37)20-14-31-35-3-2-17(9-22(20)35)34-4-6-38-7-5-34/h2-3,8-10,14,18H,4-7,11-12,30H2,1H3,(H2,29,33)(H,32,37). The lowest BCUT2D eigenvalue weighted by Gasteiger charge is -2.38. The van der Waals surface area contributed by atoms with Crippen LogP contribution in [0.2, 0.25) is 0 Å². The number of carbonyl (C=O) groups excluding carboxylic acids is 1. The summed E-state index contributed by atoms with van der Waals surface area (Å²) < 4.78 is 33.5. The number of nitrogens with zero attached hydrogens (tertiary/aromatic N) is 6. The third-order valence-corrected chi connectivity index (χ3v) is 6.80. The number of fused-ring (bicyclic) bond motifs is 1. The molecule has 1 amide bonds. The highest BCUT2D eigenvalue weighted by Crippen LogP contribution is 2.39. The molecule has 2 aromatic heterocycles. The van der Waals surface area contributed by atoms with Crippen molar-refractivity contribution >= 4 is 28.6 Å². The van der Waals surface area contributed by atoms with Crippen molar-refractivity contribution in [2.24, 2.45) is 16.7 Å². The molecule has 0 atom stereocenters. The maximum atomic E-state index is 13.3. The molecule has 13 heteroatoms. The van der Waals surface area contributed by atoms with E-state index in [4.69, 9.17) is 16.3 Å². The van der Waals surface area contributed by atoms with Gasteiger partial charge in [0.15, 0.2) is 5.84 Å². The highest BCUT2D eigenvalue weighted by molar-refractivity contribution is 6.10. The van der Waals surface area contributed by atoms with E-state index in [2.05, 4.69) is 26.5 Å². The van der Waals surface area contributed by atoms with E-state index >= 15 is 0 Å². The molecule has 2 fully saturated rings. The van der Waals surface area contributed by atoms with Gasteiger partial charge in [0, 0.05) is 49.1 Å². The van der Waals surface area contributed by atoms with Crippen LogP contribution < -0.4 is 21.8 Å². The van der Waals surface area contributed by atoms with Crippen molar-refractivity contribution in [1.29, 1.82) is 5.26 Å². The van der Waals surface area contributed by atoms with Gasteiger partial charge in [0.05, 0.1) is 48.2 Å². The van der Waals surface area contributed by atoms with E-state index in [-0.39, 0.29) is 17.0 Å². The zero-order valence-electron chi connectivity index (χ0n) is 20.7. The number of amides is 1. The Bertz CT molecular complexity index is 1450. The fourth-order valence-corrected chi connectivity index (χ4v) is 4.58. The number of amidine groups is 1. The number of rotatable bonds is 6. The van der Waals surface area contributed by atoms with E-state index in [9.17, 15) is 18.8 Å². The number of benzene rings is 1. The fraction of sp³-hybridized carbons (Fsp3) is 0.360. The van der Waals surface area contributed by atoms with Gasteiger partial charge in [0.25, 0.3) is 11.8 Å². The molecule has 0 unspecified atom stereocenters. The van der Waals surface area contributed by atoms with Crippen LogP contribution in [0.1, 0.15) is 39.9 Å². The zero-order valence-corrected chi connectivity index (χ0v) is 20.7. The second-order valence-electron chi connectivity index (χ2n) is 9.43. The Labute approximate surface area is 217 Å². The number of carbonyl (C=O) groups is 1. The van der Waals surface area contributed by atoms with Gasteiger partial charge in [-0.05, 0) is 36.8 Å². The topological polar surface area (TPSA) is 150 Å². The molecule has 1 aromatic carbocycles. The van der Waals surface area contributed by atoms with Crippen molar-refractivity contribution < 1.29 is 18.3 Å². The molecular weight excluding hydrogens is 496 g/mol. The third-order valence-electron chi connectivity index (χ3n) is 6.80. The highest BCUT2D eigenvalue weighted by atomic mass is 19.3. The SMILES string of the molecule is Cc1cc(C#N)c(/C(N)=N/N(N)C2CC(F)(F)C2)cc1NC(=O)c1cnn2ccc(N3CCOCC3)cc12. The van der Waals surface area contributed by atoms with E-state index in [0.717, 1.165) is 23.9 Å². The molecular formula is C25H27F2N9O2. The summed E-state index contributed by atoms with van der Waals surface area (Å²) in [5.41, 5.74) is 9.55. The number of anilines is 2. The van der Waals surface area contributed by atoms with E-state index < -0.39 is 30.7 Å². The number of hydrazine groups is 1. The second-order valence-corrected chi connectivity index (χ2v) is 9.43. The first-order valence-corrected chi connectivity index (χ1v) is 12.1. The number of pyridine rings is 1. The van der Waals surface area contributed by atoms with E-state index in [1.54, 1.807) is 23.7 Å². The monoisotopic (exact) mass is 523 g/mol. The molecule has 198 valence electrons. The van der Waals surface area contributed by atoms with Crippen LogP contribution in [-0.2, 0) is 4.74 Å². The molecule has 3 heterocycles. The summed E-state index contributed by atoms with van der Waals surface area (Å²) in [5, 5.41) is 21.7. The predicted octanol–water partition coefficient (Wildman–Crippen LogP) is 2.20. The molecule has 0 bridgehead atoms. The Kier molecular flexibility index (Phi) is 6.60. The van der Waals surface area contributed by atoms with Gasteiger partial charge in [-0.1, -0.05) is 0 Å². The lowest BCUT2D eigenvalue weighted by atomic mass is 9.88. The van der Waals surface area contributed by atoms with Crippen LogP contribution in [0.15, 0.2) is 41.8 Å². The number of nitrogens with two attached hydrogens (primary N) is 2. The second kappa shape index (κ2) is 9.88. The molecule has 3 aromatic rings. The van der Waals surface area contributed by atoms with Crippen LogP contribution in [0.4, 0.5) is 20.2 Å². The van der Waals surface area contributed by atoms with E-state index in [0.29, 0.717) is 35.5 Å². The minimum Gasteiger partial charge on any atom is -0.382 e. The molecule has 1 saturated carbocycles. The molecule has 5 rings (SSSR count). The van der Waals surface area contributed by atoms with Crippen LogP contribution in [-0.4, -0.2) is 64.7 Å². The van der Waals surface area contributed by atoms with Gasteiger partial charge in [0.2, 0.25) is 0 Å². The van der Waals surface area contributed by atoms with Gasteiger partial charge in [-0.3, -0.25) is 4.79 Å². The Morgan fingerprint density at radius 2 is 2.03 bits per heavy atom. The highest BCUT2D eigenvalue weighted by Gasteiger charge is 2.47. The first-order valence-electron chi connectivity index (χ1n) is 12.1. The van der Waals surface area contributed by atoms with Gasteiger partial charge in [-0.2, -0.15) is 10.4 Å². The van der Waals surface area contributed by atoms with Crippen LogP contribution in [0.25, 0.3) is 5.52 Å². The number of morpholine rings is 1. The maximum Gasteiger partial charge on any atom is 0.259 e. The largest absolute Gasteiger partial charge is 0.382 e. The normalized spacial score (nSPS) is 17.7. The molecule has 11 nitrogen and oxygen atoms in total. The summed E-state index contributed by atoms with van der Waals surface area (Å²) >= 11 is 0. The smallest absolute Gasteiger partial charge is 0.259 e. The molecule has 38 heavy (non-hydrogen) atoms. The molecule has 5 N–H and O–H groups in total. The van der Waals surface area contributed by atoms with Gasteiger partial charge in [-0.25, -0.2) is 24.3 Å². The Morgan fingerprint density at radius 1 is 1.29 bits per heavy atom. The summed E-state index contributed by atoms with van der Waals surface area (Å²) in [6.45, 7) is 4.53. The molecule has 2 aliphatic rings. The van der Waals surface area contributed by atoms with Crippen LogP contribution in [0.5, 0.6) is 0 Å². The van der Waals surface area contributed by atoms with Crippen molar-refractivity contribution in [3.05, 3.63) is 58.9 Å². The van der Waals surface area contributed by atoms with Crippen molar-refractivity contribution in [1.82, 2.24) is 14.7 Å². The number of aromatic nitrogens is 2. The van der Waals surface area contributed by atoms with Crippen LogP contribution >= 0.6 is 0 Å². The Balaban J connectivity index is 1.40. The number of hydrazone groups is 1. The average molecular weight is 524 g/mol. The number of aryl methyl sites for hydroxylation is 1. The Morgan fingerprint density at radius 3 is 2.71 bits per heavy atom. The molecule has 0 radical (unpaired) electrons. The van der Waals surface area contributed by atoms with Gasteiger partial charge >= 0.3 is 0 Å². The van der Waals surface area contributed by atoms with Crippen molar-refractivity contribution in [2.45, 2.75) is 31.7 Å². The van der Waals surface area contributed by atoms with Crippen LogP contribution in [0.3, 0.4) is 0 Å². The number of hydrogen-bond donors (Lipinski definition) is 3. The number of ether oxygens (including phenoxy) is 1. The first kappa shape index (κ1) is 25.4. The van der Waals surface area contributed by atoms with Crippen LogP contribution in [0, 0.1) is 18.3 Å². The van der Waals surface area contributed by atoms with E-state index in [1.807, 2.05) is 12.1 Å². The summed E-state index contributed by atoms with van der Waals surface area (Å²) in [5.74, 6) is 2.53. The third kappa shape index (κ3) is 4.96. The number of hydrogen-bond acceptors (Lipinski definition) is 8. The summed E-state index contributed by atoms with van der Waals surface area (Å²) in [4.78, 5) is 15.5. The quantitative estimate of drug-likeness (QED) is 0.193. The van der Waals surface area contributed by atoms with Crippen molar-refractivity contribution in [3.8, 4) is 6.07 Å². The predicted molar refractivity (Wildman–Crippen MR) is 137 cm³/mol. The maximum absolute atomic E-state index is 13.3. The number of nitrogens with one attached hydrogen (secondary N) is 1. The number of alkyl halides is 2. The molecule has 1 saturated heterocycles. The van der Waals surface area contributed by atoms with E-state index in [1.165, 1.54) is 12.3 Å². The summed E-state index contributed by atoms with van der Waals surface area (Å²) in [7, 11) is 0. The first-order chi connectivity index (χ1) is 18.1. The molecule has 1 aliphatic carbocycles. The number of halogens is 2. The average Bonchev–Trinajstić information content (AvgIpc) is 3.32. The fourth-order valence-electron chi connectivity index (χ4n) is 4.58. The lowest BCUT2D eigenvalue weighted by molar-refractivity contribution is -0.124. The minimum absolute atomic E-state index is 0.124.